The van der Waals surface area contributed by atoms with Crippen LogP contribution in [0.3, 0.4) is 0 Å². The van der Waals surface area contributed by atoms with E-state index in [2.05, 4.69) is 10.2 Å². The second kappa shape index (κ2) is 7.08. The predicted octanol–water partition coefficient (Wildman–Crippen LogP) is 3.51. The lowest BCUT2D eigenvalue weighted by atomic mass is 9.98. The minimum absolute atomic E-state index is 0.0723. The maximum Gasteiger partial charge on any atom is 0.470 e. The Kier molecular flexibility index (Phi) is 4.87. The number of carbonyl (C=O) groups is 1. The Morgan fingerprint density at radius 2 is 2.00 bits per heavy atom. The standard InChI is InChI=1S/C17H16F3N3O2/c18-17(19,20)16-22-21-15(25-16)13-7-4-10-23(11-13)14(24)9-8-12-5-2-1-3-6-12/h1-3,5-6,8-9,13H,4,7,10-11H2/b9-8+. The molecule has 1 atom stereocenters. The van der Waals surface area contributed by atoms with Crippen molar-refractivity contribution in [3.63, 3.8) is 0 Å². The second-order valence-electron chi connectivity index (χ2n) is 5.81. The molecule has 1 aromatic carbocycles. The summed E-state index contributed by atoms with van der Waals surface area (Å²) in [6.07, 6.45) is -0.216. The number of likely N-dealkylation sites (tertiary alicyclic amines) is 1. The van der Waals surface area contributed by atoms with Gasteiger partial charge in [0.25, 0.3) is 0 Å². The Bertz CT molecular complexity index is 756. The molecule has 25 heavy (non-hydrogen) atoms. The number of carbonyl (C=O) groups excluding carboxylic acids is 1. The van der Waals surface area contributed by atoms with Crippen molar-refractivity contribution in [2.75, 3.05) is 13.1 Å². The summed E-state index contributed by atoms with van der Waals surface area (Å²) in [6, 6.07) is 9.37. The van der Waals surface area contributed by atoms with Crippen LogP contribution in [-0.2, 0) is 11.0 Å². The average molecular weight is 351 g/mol. The van der Waals surface area contributed by atoms with Gasteiger partial charge in [-0.3, -0.25) is 4.79 Å². The monoisotopic (exact) mass is 351 g/mol. The molecule has 8 heteroatoms. The van der Waals surface area contributed by atoms with Crippen molar-refractivity contribution < 1.29 is 22.4 Å². The van der Waals surface area contributed by atoms with Crippen molar-refractivity contribution in [2.24, 2.45) is 0 Å². The molecule has 1 fully saturated rings. The van der Waals surface area contributed by atoms with Crippen molar-refractivity contribution >= 4 is 12.0 Å². The van der Waals surface area contributed by atoms with Crippen LogP contribution in [0, 0.1) is 0 Å². The van der Waals surface area contributed by atoms with Gasteiger partial charge in [0.2, 0.25) is 11.8 Å². The van der Waals surface area contributed by atoms with Gasteiger partial charge in [-0.15, -0.1) is 10.2 Å². The first-order chi connectivity index (χ1) is 11.9. The van der Waals surface area contributed by atoms with Crippen molar-refractivity contribution in [3.05, 3.63) is 53.8 Å². The molecule has 2 aromatic rings. The highest BCUT2D eigenvalue weighted by Crippen LogP contribution is 2.32. The summed E-state index contributed by atoms with van der Waals surface area (Å²) in [6.45, 7) is 0.812. The van der Waals surface area contributed by atoms with Gasteiger partial charge >= 0.3 is 12.1 Å². The summed E-state index contributed by atoms with van der Waals surface area (Å²) in [5.74, 6) is -2.00. The third kappa shape index (κ3) is 4.26. The van der Waals surface area contributed by atoms with Crippen LogP contribution >= 0.6 is 0 Å². The van der Waals surface area contributed by atoms with Gasteiger partial charge in [-0.05, 0) is 24.5 Å². The Hall–Kier alpha value is -2.64. The van der Waals surface area contributed by atoms with Crippen LogP contribution < -0.4 is 0 Å². The first kappa shape index (κ1) is 17.2. The highest BCUT2D eigenvalue weighted by atomic mass is 19.4. The molecule has 0 bridgehead atoms. The summed E-state index contributed by atoms with van der Waals surface area (Å²) in [5, 5.41) is 6.55. The van der Waals surface area contributed by atoms with E-state index in [0.29, 0.717) is 19.4 Å². The Labute approximate surface area is 142 Å². The molecule has 1 aromatic heterocycles. The Balaban J connectivity index is 1.65. The summed E-state index contributed by atoms with van der Waals surface area (Å²) < 4.78 is 42.4. The summed E-state index contributed by atoms with van der Waals surface area (Å²) in [7, 11) is 0. The fourth-order valence-corrected chi connectivity index (χ4v) is 2.73. The van der Waals surface area contributed by atoms with E-state index < -0.39 is 12.1 Å². The zero-order valence-electron chi connectivity index (χ0n) is 13.2. The predicted molar refractivity (Wildman–Crippen MR) is 83.3 cm³/mol. The summed E-state index contributed by atoms with van der Waals surface area (Å²) in [4.78, 5) is 13.9. The number of nitrogens with zero attached hydrogens (tertiary/aromatic N) is 3. The lowest BCUT2D eigenvalue weighted by Gasteiger charge is -2.30. The van der Waals surface area contributed by atoms with Crippen LogP contribution in [0.4, 0.5) is 13.2 Å². The molecule has 3 rings (SSSR count). The molecule has 0 N–H and O–H groups in total. The Morgan fingerprint density at radius 3 is 2.68 bits per heavy atom. The molecule has 1 aliphatic rings. The number of hydrogen-bond donors (Lipinski definition) is 0. The molecule has 2 heterocycles. The molecule has 0 saturated carbocycles. The minimum Gasteiger partial charge on any atom is -0.417 e. The molecular formula is C17H16F3N3O2. The van der Waals surface area contributed by atoms with Crippen LogP contribution in [0.1, 0.15) is 36.1 Å². The van der Waals surface area contributed by atoms with Crippen molar-refractivity contribution in [2.45, 2.75) is 24.9 Å². The highest BCUT2D eigenvalue weighted by molar-refractivity contribution is 5.91. The van der Waals surface area contributed by atoms with Crippen LogP contribution in [-0.4, -0.2) is 34.1 Å². The molecule has 1 saturated heterocycles. The first-order valence-electron chi connectivity index (χ1n) is 7.86. The topological polar surface area (TPSA) is 59.2 Å². The number of benzene rings is 1. The number of piperidine rings is 1. The number of aromatic nitrogens is 2. The minimum atomic E-state index is -4.66. The van der Waals surface area contributed by atoms with Gasteiger partial charge in [0, 0.05) is 19.2 Å². The maximum atomic E-state index is 12.6. The van der Waals surface area contributed by atoms with Crippen LogP contribution in [0.5, 0.6) is 0 Å². The van der Waals surface area contributed by atoms with Gasteiger partial charge < -0.3 is 9.32 Å². The second-order valence-corrected chi connectivity index (χ2v) is 5.81. The van der Waals surface area contributed by atoms with Crippen molar-refractivity contribution in [1.29, 1.82) is 0 Å². The van der Waals surface area contributed by atoms with E-state index in [4.69, 9.17) is 4.42 Å². The van der Waals surface area contributed by atoms with Gasteiger partial charge in [0.1, 0.15) is 0 Å². The van der Waals surface area contributed by atoms with Gasteiger partial charge in [-0.2, -0.15) is 13.2 Å². The summed E-state index contributed by atoms with van der Waals surface area (Å²) in [5.41, 5.74) is 0.899. The average Bonchev–Trinajstić information content (AvgIpc) is 3.11. The number of halogens is 3. The van der Waals surface area contributed by atoms with E-state index in [0.717, 1.165) is 5.56 Å². The molecule has 1 amide bonds. The van der Waals surface area contributed by atoms with E-state index in [1.807, 2.05) is 30.3 Å². The SMILES string of the molecule is O=C(/C=C/c1ccccc1)N1CCCC(c2nnc(C(F)(F)F)o2)C1. The molecular weight excluding hydrogens is 335 g/mol. The van der Waals surface area contributed by atoms with E-state index in [1.54, 1.807) is 11.0 Å². The smallest absolute Gasteiger partial charge is 0.417 e. The highest BCUT2D eigenvalue weighted by Gasteiger charge is 2.39. The van der Waals surface area contributed by atoms with E-state index in [1.165, 1.54) is 6.08 Å². The quantitative estimate of drug-likeness (QED) is 0.794. The third-order valence-electron chi connectivity index (χ3n) is 3.98. The largest absolute Gasteiger partial charge is 0.470 e. The maximum absolute atomic E-state index is 12.6. The van der Waals surface area contributed by atoms with Crippen molar-refractivity contribution in [1.82, 2.24) is 15.1 Å². The van der Waals surface area contributed by atoms with Crippen molar-refractivity contribution in [3.8, 4) is 0 Å². The van der Waals surface area contributed by atoms with E-state index >= 15 is 0 Å². The van der Waals surface area contributed by atoms with Crippen LogP contribution in [0.25, 0.3) is 6.08 Å². The Morgan fingerprint density at radius 1 is 1.24 bits per heavy atom. The first-order valence-corrected chi connectivity index (χ1v) is 7.86. The van der Waals surface area contributed by atoms with E-state index in [-0.39, 0.29) is 24.3 Å². The van der Waals surface area contributed by atoms with Crippen LogP contribution in [0.15, 0.2) is 40.8 Å². The number of hydrogen-bond acceptors (Lipinski definition) is 4. The summed E-state index contributed by atoms with van der Waals surface area (Å²) >= 11 is 0. The zero-order valence-corrected chi connectivity index (χ0v) is 13.2. The fourth-order valence-electron chi connectivity index (χ4n) is 2.73. The molecule has 1 unspecified atom stereocenters. The van der Waals surface area contributed by atoms with Gasteiger partial charge in [-0.25, -0.2) is 0 Å². The lowest BCUT2D eigenvalue weighted by molar-refractivity contribution is -0.157. The van der Waals surface area contributed by atoms with Crippen LogP contribution in [0.2, 0.25) is 0 Å². The molecule has 1 aliphatic heterocycles. The molecule has 0 spiro atoms. The zero-order chi connectivity index (χ0) is 17.9. The molecule has 0 radical (unpaired) electrons. The van der Waals surface area contributed by atoms with E-state index in [9.17, 15) is 18.0 Å². The lowest BCUT2D eigenvalue weighted by Crippen LogP contribution is -2.38. The third-order valence-corrected chi connectivity index (χ3v) is 3.98. The van der Waals surface area contributed by atoms with Gasteiger partial charge in [0.05, 0.1) is 5.92 Å². The fraction of sp³-hybridized carbons (Fsp3) is 0.353. The van der Waals surface area contributed by atoms with Gasteiger partial charge in [-0.1, -0.05) is 30.3 Å². The normalized spacial score (nSPS) is 18.7. The molecule has 132 valence electrons. The number of amides is 1. The number of alkyl halides is 3. The van der Waals surface area contributed by atoms with Gasteiger partial charge in [0.15, 0.2) is 0 Å². The molecule has 0 aliphatic carbocycles. The molecule has 5 nitrogen and oxygen atoms in total. The number of rotatable bonds is 3.